The van der Waals surface area contributed by atoms with Crippen LogP contribution in [0.3, 0.4) is 0 Å². The Morgan fingerprint density at radius 1 is 1.41 bits per heavy atom. The van der Waals surface area contributed by atoms with E-state index in [1.165, 1.54) is 18.7 Å². The molecule has 6 heteroatoms. The monoisotopic (exact) mass is 257 g/mol. The minimum atomic E-state index is -0.992. The molecule has 0 saturated heterocycles. The molecule has 0 bridgehead atoms. The molecule has 0 radical (unpaired) electrons. The van der Waals surface area contributed by atoms with Gasteiger partial charge in [0.2, 0.25) is 5.91 Å². The first-order valence-electron chi connectivity index (χ1n) is 5.33. The zero-order valence-corrected chi connectivity index (χ0v) is 10.4. The van der Waals surface area contributed by atoms with E-state index in [0.717, 1.165) is 0 Å². The average Bonchev–Trinajstić information content (AvgIpc) is 2.59. The molecule has 0 aromatic carbocycles. The van der Waals surface area contributed by atoms with E-state index >= 15 is 0 Å². The molecule has 1 aliphatic carbocycles. The summed E-state index contributed by atoms with van der Waals surface area (Å²) in [5.41, 5.74) is 0.687. The van der Waals surface area contributed by atoms with E-state index in [-0.39, 0.29) is 17.3 Å². The summed E-state index contributed by atoms with van der Waals surface area (Å²) in [7, 11) is 0. The van der Waals surface area contributed by atoms with Crippen molar-refractivity contribution in [2.75, 3.05) is 18.1 Å². The van der Waals surface area contributed by atoms with Crippen LogP contribution in [0.1, 0.15) is 19.8 Å². The number of rotatable bonds is 6. The van der Waals surface area contributed by atoms with Gasteiger partial charge in [-0.1, -0.05) is 0 Å². The number of ketones is 1. The van der Waals surface area contributed by atoms with Gasteiger partial charge in [0.25, 0.3) is 0 Å². The van der Waals surface area contributed by atoms with Gasteiger partial charge in [-0.2, -0.15) is 11.8 Å². The van der Waals surface area contributed by atoms with Crippen molar-refractivity contribution >= 4 is 29.4 Å². The lowest BCUT2D eigenvalue weighted by Gasteiger charge is -2.04. The first kappa shape index (κ1) is 13.8. The van der Waals surface area contributed by atoms with Crippen molar-refractivity contribution in [2.45, 2.75) is 19.8 Å². The maximum atomic E-state index is 11.5. The van der Waals surface area contributed by atoms with Crippen LogP contribution in [-0.2, 0) is 14.4 Å². The highest BCUT2D eigenvalue weighted by Gasteiger charge is 2.26. The van der Waals surface area contributed by atoms with Gasteiger partial charge in [-0.05, 0) is 6.42 Å². The molecule has 17 heavy (non-hydrogen) atoms. The lowest BCUT2D eigenvalue weighted by Crippen LogP contribution is -2.22. The highest BCUT2D eigenvalue weighted by molar-refractivity contribution is 7.99. The largest absolute Gasteiger partial charge is 0.478 e. The van der Waals surface area contributed by atoms with Crippen molar-refractivity contribution in [3.05, 3.63) is 11.1 Å². The zero-order chi connectivity index (χ0) is 12.8. The van der Waals surface area contributed by atoms with E-state index in [9.17, 15) is 14.4 Å². The summed E-state index contributed by atoms with van der Waals surface area (Å²) in [4.78, 5) is 32.9. The van der Waals surface area contributed by atoms with Crippen molar-refractivity contribution in [1.29, 1.82) is 0 Å². The van der Waals surface area contributed by atoms with Crippen molar-refractivity contribution < 1.29 is 19.5 Å². The number of nitrogens with one attached hydrogen (secondary N) is 1. The van der Waals surface area contributed by atoms with Crippen LogP contribution in [0, 0.1) is 0 Å². The molecular weight excluding hydrogens is 242 g/mol. The maximum absolute atomic E-state index is 11.5. The van der Waals surface area contributed by atoms with Gasteiger partial charge < -0.3 is 10.4 Å². The minimum Gasteiger partial charge on any atom is -0.478 e. The first-order chi connectivity index (χ1) is 8.02. The first-order valence-corrected chi connectivity index (χ1v) is 6.48. The number of carboxylic acid groups (broad SMARTS) is 1. The Hall–Kier alpha value is -1.30. The number of hydrogen-bond acceptors (Lipinski definition) is 4. The van der Waals surface area contributed by atoms with Crippen molar-refractivity contribution in [1.82, 2.24) is 5.32 Å². The summed E-state index contributed by atoms with van der Waals surface area (Å²) in [6.07, 6.45) is 0.652. The fourth-order valence-electron chi connectivity index (χ4n) is 1.59. The summed E-state index contributed by atoms with van der Waals surface area (Å²) in [6.45, 7) is 1.97. The molecule has 0 unspecified atom stereocenters. The van der Waals surface area contributed by atoms with Crippen molar-refractivity contribution in [2.24, 2.45) is 0 Å². The van der Waals surface area contributed by atoms with Crippen LogP contribution in [-0.4, -0.2) is 40.8 Å². The Kier molecular flexibility index (Phi) is 5.21. The fraction of sp³-hybridized carbons (Fsp3) is 0.545. The van der Waals surface area contributed by atoms with Gasteiger partial charge in [0.15, 0.2) is 5.78 Å². The second-order valence-electron chi connectivity index (χ2n) is 3.72. The van der Waals surface area contributed by atoms with E-state index in [1.807, 2.05) is 0 Å². The Morgan fingerprint density at radius 2 is 2.12 bits per heavy atom. The molecular formula is C11H15NO4S. The normalized spacial score (nSPS) is 15.2. The molecule has 0 spiro atoms. The number of carbonyl (C=O) groups is 3. The van der Waals surface area contributed by atoms with E-state index in [4.69, 9.17) is 5.11 Å². The molecule has 1 rings (SSSR count). The summed E-state index contributed by atoms with van der Waals surface area (Å²) in [5.74, 6) is -0.0562. The third kappa shape index (κ3) is 4.22. The molecule has 0 aromatic heterocycles. The lowest BCUT2D eigenvalue weighted by molar-refractivity contribution is -0.132. The Labute approximate surface area is 104 Å². The van der Waals surface area contributed by atoms with E-state index in [2.05, 4.69) is 5.32 Å². The van der Waals surface area contributed by atoms with E-state index in [1.54, 1.807) is 0 Å². The minimum absolute atomic E-state index is 0.0607. The molecule has 0 heterocycles. The molecule has 1 aliphatic rings. The summed E-state index contributed by atoms with van der Waals surface area (Å²) in [6, 6.07) is 0. The second-order valence-corrected chi connectivity index (χ2v) is 4.83. The summed E-state index contributed by atoms with van der Waals surface area (Å²) < 4.78 is 0. The van der Waals surface area contributed by atoms with Crippen LogP contribution >= 0.6 is 11.8 Å². The van der Waals surface area contributed by atoms with Crippen LogP contribution in [0.15, 0.2) is 11.1 Å². The van der Waals surface area contributed by atoms with Crippen molar-refractivity contribution in [3.8, 4) is 0 Å². The van der Waals surface area contributed by atoms with Crippen LogP contribution in [0.5, 0.6) is 0 Å². The third-order valence-electron chi connectivity index (χ3n) is 2.43. The third-order valence-corrected chi connectivity index (χ3v) is 3.41. The summed E-state index contributed by atoms with van der Waals surface area (Å²) in [5, 5.41) is 11.5. The fourth-order valence-corrected chi connectivity index (χ4v) is 2.52. The van der Waals surface area contributed by atoms with Gasteiger partial charge in [-0.25, -0.2) is 4.79 Å². The molecule has 0 aromatic rings. The number of amides is 1. The number of aliphatic carboxylic acids is 1. The number of carboxylic acids is 1. The predicted octanol–water partition coefficient (Wildman–Crippen LogP) is 0.600. The smallest absolute Gasteiger partial charge is 0.332 e. The van der Waals surface area contributed by atoms with Gasteiger partial charge in [0.05, 0.1) is 0 Å². The Balaban J connectivity index is 2.39. The highest BCUT2D eigenvalue weighted by Crippen LogP contribution is 2.25. The van der Waals surface area contributed by atoms with Gasteiger partial charge >= 0.3 is 5.97 Å². The highest BCUT2D eigenvalue weighted by atomic mass is 32.2. The number of carbonyl (C=O) groups excluding carboxylic acids is 2. The maximum Gasteiger partial charge on any atom is 0.332 e. The lowest BCUT2D eigenvalue weighted by atomic mass is 10.2. The molecule has 5 nitrogen and oxygen atoms in total. The predicted molar refractivity (Wildman–Crippen MR) is 64.9 cm³/mol. The van der Waals surface area contributed by atoms with Gasteiger partial charge in [-0.15, -0.1) is 0 Å². The average molecular weight is 257 g/mol. The molecule has 1 amide bonds. The zero-order valence-electron chi connectivity index (χ0n) is 9.62. The van der Waals surface area contributed by atoms with Crippen LogP contribution in [0.4, 0.5) is 0 Å². The molecule has 0 aliphatic heterocycles. The number of Topliss-reactive ketones (excluding diaryl/α,β-unsaturated/α-hetero) is 1. The topological polar surface area (TPSA) is 83.5 Å². The van der Waals surface area contributed by atoms with Gasteiger partial charge in [0, 0.05) is 42.5 Å². The molecule has 0 saturated carbocycles. The number of hydrogen-bond donors (Lipinski definition) is 2. The van der Waals surface area contributed by atoms with Gasteiger partial charge in [-0.3, -0.25) is 9.59 Å². The molecule has 2 N–H and O–H groups in total. The molecule has 94 valence electrons. The molecule has 0 fully saturated rings. The Bertz CT molecular complexity index is 376. The molecule has 0 atom stereocenters. The van der Waals surface area contributed by atoms with Crippen LogP contribution in [0.25, 0.3) is 0 Å². The second kappa shape index (κ2) is 6.44. The summed E-state index contributed by atoms with van der Waals surface area (Å²) >= 11 is 1.46. The SMILES string of the molecule is CC(=O)NCCSCC1=C(C(=O)O)CCC1=O. The van der Waals surface area contributed by atoms with Crippen LogP contribution < -0.4 is 5.32 Å². The Morgan fingerprint density at radius 3 is 2.71 bits per heavy atom. The standard InChI is InChI=1S/C11H15NO4S/c1-7(13)12-4-5-17-6-9-8(11(15)16)2-3-10(9)14/h2-6H2,1H3,(H,12,13)(H,15,16). The van der Waals surface area contributed by atoms with Crippen molar-refractivity contribution in [3.63, 3.8) is 0 Å². The van der Waals surface area contributed by atoms with Crippen LogP contribution in [0.2, 0.25) is 0 Å². The van der Waals surface area contributed by atoms with Gasteiger partial charge in [0.1, 0.15) is 0 Å². The number of thioether (sulfide) groups is 1. The quantitative estimate of drug-likeness (QED) is 0.681. The van der Waals surface area contributed by atoms with E-state index < -0.39 is 5.97 Å². The van der Waals surface area contributed by atoms with E-state index in [0.29, 0.717) is 36.5 Å².